The highest BCUT2D eigenvalue weighted by atomic mass is 16.4. The summed E-state index contributed by atoms with van der Waals surface area (Å²) in [6.07, 6.45) is 1.50. The summed E-state index contributed by atoms with van der Waals surface area (Å²) in [7, 11) is 0. The number of H-pyrrole nitrogens is 1. The zero-order valence-corrected chi connectivity index (χ0v) is 7.03. The van der Waals surface area contributed by atoms with E-state index >= 15 is 0 Å². The largest absolute Gasteiger partial charge is 0.478 e. The lowest BCUT2D eigenvalue weighted by Crippen LogP contribution is -1.97. The van der Waals surface area contributed by atoms with E-state index in [0.717, 1.165) is 11.1 Å². The minimum absolute atomic E-state index is 0.262. The maximum atomic E-state index is 10.8. The Morgan fingerprint density at radius 2 is 2.31 bits per heavy atom. The Bertz CT molecular complexity index is 473. The number of carboxylic acid groups (broad SMARTS) is 1. The standard InChI is InChI=1S/C9H8N2O2/c1-5-2-3-6(9(12)13)8-7(5)10-4-11-8/h2-4H,1H3,(H,10,11)(H,12,13). The van der Waals surface area contributed by atoms with Crippen LogP contribution in [-0.4, -0.2) is 21.0 Å². The van der Waals surface area contributed by atoms with Gasteiger partial charge in [-0.25, -0.2) is 9.78 Å². The monoisotopic (exact) mass is 176 g/mol. The lowest BCUT2D eigenvalue weighted by Gasteiger charge is -1.98. The number of rotatable bonds is 1. The number of nitrogens with zero attached hydrogens (tertiary/aromatic N) is 1. The smallest absolute Gasteiger partial charge is 0.337 e. The molecule has 4 nitrogen and oxygen atoms in total. The molecule has 0 saturated carbocycles. The normalized spacial score (nSPS) is 10.5. The van der Waals surface area contributed by atoms with E-state index in [0.29, 0.717) is 5.52 Å². The van der Waals surface area contributed by atoms with Gasteiger partial charge in [0.25, 0.3) is 0 Å². The average Bonchev–Trinajstić information content (AvgIpc) is 2.53. The summed E-state index contributed by atoms with van der Waals surface area (Å²) in [5.41, 5.74) is 2.55. The minimum atomic E-state index is -0.936. The average molecular weight is 176 g/mol. The second kappa shape index (κ2) is 2.58. The van der Waals surface area contributed by atoms with Gasteiger partial charge in [-0.1, -0.05) is 6.07 Å². The molecular formula is C9H8N2O2. The Morgan fingerprint density at radius 1 is 1.54 bits per heavy atom. The fourth-order valence-electron chi connectivity index (χ4n) is 1.35. The van der Waals surface area contributed by atoms with Crippen LogP contribution in [0, 0.1) is 6.92 Å². The topological polar surface area (TPSA) is 66.0 Å². The maximum absolute atomic E-state index is 10.8. The fourth-order valence-corrected chi connectivity index (χ4v) is 1.35. The van der Waals surface area contributed by atoms with Crippen molar-refractivity contribution in [2.24, 2.45) is 0 Å². The van der Waals surface area contributed by atoms with Crippen molar-refractivity contribution in [1.29, 1.82) is 0 Å². The molecule has 0 saturated heterocycles. The van der Waals surface area contributed by atoms with Gasteiger partial charge in [0.2, 0.25) is 0 Å². The number of carboxylic acids is 1. The van der Waals surface area contributed by atoms with Gasteiger partial charge in [0.1, 0.15) is 0 Å². The Labute approximate surface area is 74.2 Å². The number of nitrogens with one attached hydrogen (secondary N) is 1. The van der Waals surface area contributed by atoms with Gasteiger partial charge in [0.15, 0.2) is 0 Å². The van der Waals surface area contributed by atoms with E-state index in [1.54, 1.807) is 12.1 Å². The zero-order chi connectivity index (χ0) is 9.42. The van der Waals surface area contributed by atoms with Gasteiger partial charge in [-0.15, -0.1) is 0 Å². The van der Waals surface area contributed by atoms with E-state index in [-0.39, 0.29) is 5.56 Å². The minimum Gasteiger partial charge on any atom is -0.478 e. The molecule has 0 amide bonds. The van der Waals surface area contributed by atoms with Crippen molar-refractivity contribution in [3.63, 3.8) is 0 Å². The SMILES string of the molecule is Cc1ccc(C(=O)O)c2[nH]cnc12. The summed E-state index contributed by atoms with van der Waals surface area (Å²) < 4.78 is 0. The van der Waals surface area contributed by atoms with E-state index in [1.165, 1.54) is 6.33 Å². The number of aromatic carboxylic acids is 1. The third kappa shape index (κ3) is 1.07. The predicted molar refractivity (Wildman–Crippen MR) is 47.8 cm³/mol. The van der Waals surface area contributed by atoms with Gasteiger partial charge in [-0.3, -0.25) is 0 Å². The van der Waals surface area contributed by atoms with Crippen molar-refractivity contribution < 1.29 is 9.90 Å². The van der Waals surface area contributed by atoms with Crippen molar-refractivity contribution in [3.8, 4) is 0 Å². The number of aromatic nitrogens is 2. The first-order valence-electron chi connectivity index (χ1n) is 3.86. The maximum Gasteiger partial charge on any atom is 0.337 e. The molecule has 0 atom stereocenters. The van der Waals surface area contributed by atoms with Crippen molar-refractivity contribution in [3.05, 3.63) is 29.6 Å². The van der Waals surface area contributed by atoms with Gasteiger partial charge in [0.05, 0.1) is 22.9 Å². The lowest BCUT2D eigenvalue weighted by molar-refractivity contribution is 0.0699. The first-order chi connectivity index (χ1) is 6.20. The highest BCUT2D eigenvalue weighted by molar-refractivity contribution is 6.01. The molecule has 0 aliphatic carbocycles. The second-order valence-corrected chi connectivity index (χ2v) is 2.86. The number of hydrogen-bond donors (Lipinski definition) is 2. The molecule has 1 heterocycles. The number of carbonyl (C=O) groups is 1. The summed E-state index contributed by atoms with van der Waals surface area (Å²) in [4.78, 5) is 17.6. The number of benzene rings is 1. The van der Waals surface area contributed by atoms with Crippen LogP contribution in [-0.2, 0) is 0 Å². The molecule has 1 aromatic carbocycles. The highest BCUT2D eigenvalue weighted by Crippen LogP contribution is 2.18. The summed E-state index contributed by atoms with van der Waals surface area (Å²) in [5, 5.41) is 8.84. The molecule has 4 heteroatoms. The number of aromatic amines is 1. The highest BCUT2D eigenvalue weighted by Gasteiger charge is 2.10. The first-order valence-corrected chi connectivity index (χ1v) is 3.86. The quantitative estimate of drug-likeness (QED) is 0.693. The van der Waals surface area contributed by atoms with Crippen LogP contribution < -0.4 is 0 Å². The number of aryl methyl sites for hydroxylation is 1. The summed E-state index contributed by atoms with van der Waals surface area (Å²) in [6, 6.07) is 3.34. The summed E-state index contributed by atoms with van der Waals surface area (Å²) in [5.74, 6) is -0.936. The van der Waals surface area contributed by atoms with Crippen molar-refractivity contribution in [2.45, 2.75) is 6.92 Å². The Kier molecular flexibility index (Phi) is 1.55. The van der Waals surface area contributed by atoms with Gasteiger partial charge in [-0.05, 0) is 18.6 Å². The van der Waals surface area contributed by atoms with E-state index < -0.39 is 5.97 Å². The molecular weight excluding hydrogens is 168 g/mol. The number of hydrogen-bond acceptors (Lipinski definition) is 2. The predicted octanol–water partition coefficient (Wildman–Crippen LogP) is 1.57. The van der Waals surface area contributed by atoms with Crippen LogP contribution in [0.1, 0.15) is 15.9 Å². The van der Waals surface area contributed by atoms with E-state index in [4.69, 9.17) is 5.11 Å². The number of fused-ring (bicyclic) bond motifs is 1. The summed E-state index contributed by atoms with van der Waals surface area (Å²) in [6.45, 7) is 1.90. The van der Waals surface area contributed by atoms with Gasteiger partial charge < -0.3 is 10.1 Å². The number of imidazole rings is 1. The van der Waals surface area contributed by atoms with Crippen molar-refractivity contribution in [2.75, 3.05) is 0 Å². The van der Waals surface area contributed by atoms with Crippen LogP contribution in [0.25, 0.3) is 11.0 Å². The molecule has 2 rings (SSSR count). The van der Waals surface area contributed by atoms with Crippen molar-refractivity contribution >= 4 is 17.0 Å². The van der Waals surface area contributed by atoms with E-state index in [2.05, 4.69) is 9.97 Å². The van der Waals surface area contributed by atoms with Gasteiger partial charge in [-0.2, -0.15) is 0 Å². The third-order valence-corrected chi connectivity index (χ3v) is 2.01. The molecule has 0 radical (unpaired) electrons. The molecule has 2 aromatic rings. The second-order valence-electron chi connectivity index (χ2n) is 2.86. The van der Waals surface area contributed by atoms with Gasteiger partial charge >= 0.3 is 5.97 Å². The van der Waals surface area contributed by atoms with Crippen LogP contribution in [0.2, 0.25) is 0 Å². The van der Waals surface area contributed by atoms with E-state index in [1.807, 2.05) is 6.92 Å². The third-order valence-electron chi connectivity index (χ3n) is 2.01. The molecule has 0 bridgehead atoms. The van der Waals surface area contributed by atoms with Crippen LogP contribution in [0.4, 0.5) is 0 Å². The first kappa shape index (κ1) is 7.79. The molecule has 1 aromatic heterocycles. The Hall–Kier alpha value is -1.84. The molecule has 66 valence electrons. The molecule has 0 fully saturated rings. The summed E-state index contributed by atoms with van der Waals surface area (Å²) >= 11 is 0. The molecule has 2 N–H and O–H groups in total. The Morgan fingerprint density at radius 3 is 3.00 bits per heavy atom. The van der Waals surface area contributed by atoms with Crippen LogP contribution >= 0.6 is 0 Å². The van der Waals surface area contributed by atoms with Crippen LogP contribution in [0.3, 0.4) is 0 Å². The molecule has 0 spiro atoms. The zero-order valence-electron chi connectivity index (χ0n) is 7.03. The van der Waals surface area contributed by atoms with Gasteiger partial charge in [0, 0.05) is 0 Å². The molecule has 0 aliphatic heterocycles. The fraction of sp³-hybridized carbons (Fsp3) is 0.111. The lowest BCUT2D eigenvalue weighted by atomic mass is 10.1. The molecule has 13 heavy (non-hydrogen) atoms. The Balaban J connectivity index is 2.86. The molecule has 0 unspecified atom stereocenters. The van der Waals surface area contributed by atoms with Crippen LogP contribution in [0.15, 0.2) is 18.5 Å². The van der Waals surface area contributed by atoms with E-state index in [9.17, 15) is 4.79 Å². The van der Waals surface area contributed by atoms with Crippen molar-refractivity contribution in [1.82, 2.24) is 9.97 Å². The van der Waals surface area contributed by atoms with Crippen LogP contribution in [0.5, 0.6) is 0 Å². The molecule has 0 aliphatic rings.